The summed E-state index contributed by atoms with van der Waals surface area (Å²) in [6.07, 6.45) is -3.50. The smallest absolute Gasteiger partial charge is 0.416 e. The lowest BCUT2D eigenvalue weighted by Crippen LogP contribution is -2.12. The quantitative estimate of drug-likeness (QED) is 0.595. The zero-order chi connectivity index (χ0) is 21.4. The predicted octanol–water partition coefficient (Wildman–Crippen LogP) is 5.27. The third-order valence-corrected chi connectivity index (χ3v) is 5.36. The van der Waals surface area contributed by atoms with Gasteiger partial charge in [-0.3, -0.25) is 4.79 Å². The molecule has 0 aliphatic carbocycles. The van der Waals surface area contributed by atoms with E-state index in [1.165, 1.54) is 42.5 Å². The fraction of sp³-hybridized carbons (Fsp3) is 0.105. The molecule has 3 aromatic rings. The number of nitrogens with one attached hydrogen (secondary N) is 1. The van der Waals surface area contributed by atoms with Crippen molar-refractivity contribution in [2.45, 2.75) is 11.1 Å². The molecular formula is C19H13ClF3NO4S. The van der Waals surface area contributed by atoms with Crippen molar-refractivity contribution in [3.05, 3.63) is 70.9 Å². The van der Waals surface area contributed by atoms with Crippen LogP contribution in [0.4, 0.5) is 18.9 Å². The number of carbonyl (C=O) groups excluding carboxylic acids is 1. The second-order valence-corrected chi connectivity index (χ2v) is 8.53. The van der Waals surface area contributed by atoms with E-state index in [1.807, 2.05) is 0 Å². The van der Waals surface area contributed by atoms with Crippen molar-refractivity contribution >= 4 is 33.0 Å². The normalized spacial score (nSPS) is 12.0. The zero-order valence-electron chi connectivity index (χ0n) is 14.7. The van der Waals surface area contributed by atoms with E-state index in [4.69, 9.17) is 16.0 Å². The van der Waals surface area contributed by atoms with E-state index in [-0.39, 0.29) is 32.7 Å². The molecule has 3 rings (SSSR count). The molecule has 0 aliphatic rings. The lowest BCUT2D eigenvalue weighted by atomic mass is 10.1. The molecule has 0 atom stereocenters. The minimum atomic E-state index is -4.51. The van der Waals surface area contributed by atoms with E-state index in [0.717, 1.165) is 18.4 Å². The van der Waals surface area contributed by atoms with Crippen molar-refractivity contribution in [3.8, 4) is 11.3 Å². The summed E-state index contributed by atoms with van der Waals surface area (Å²) >= 11 is 5.99. The van der Waals surface area contributed by atoms with Crippen LogP contribution in [0.15, 0.2) is 63.9 Å². The zero-order valence-corrected chi connectivity index (χ0v) is 16.3. The third-order valence-electron chi connectivity index (χ3n) is 3.92. The van der Waals surface area contributed by atoms with Gasteiger partial charge in [-0.05, 0) is 42.5 Å². The highest BCUT2D eigenvalue weighted by atomic mass is 35.5. The highest BCUT2D eigenvalue weighted by Gasteiger charge is 2.30. The van der Waals surface area contributed by atoms with Crippen LogP contribution in [0.5, 0.6) is 0 Å². The van der Waals surface area contributed by atoms with Gasteiger partial charge in [0.25, 0.3) is 5.91 Å². The molecule has 2 aromatic carbocycles. The highest BCUT2D eigenvalue weighted by Crippen LogP contribution is 2.33. The molecule has 0 saturated heterocycles. The fourth-order valence-corrected chi connectivity index (χ4v) is 3.29. The molecule has 0 unspecified atom stereocenters. The van der Waals surface area contributed by atoms with Gasteiger partial charge in [0.05, 0.1) is 21.2 Å². The molecule has 1 aromatic heterocycles. The average Bonchev–Trinajstić information content (AvgIpc) is 3.12. The molecule has 1 heterocycles. The van der Waals surface area contributed by atoms with Gasteiger partial charge in [-0.2, -0.15) is 13.2 Å². The fourth-order valence-electron chi connectivity index (χ4n) is 2.48. The van der Waals surface area contributed by atoms with Crippen molar-refractivity contribution in [2.75, 3.05) is 11.6 Å². The molecule has 1 N–H and O–H groups in total. The van der Waals surface area contributed by atoms with Crippen molar-refractivity contribution in [2.24, 2.45) is 0 Å². The number of rotatable bonds is 4. The van der Waals surface area contributed by atoms with Crippen LogP contribution in [0.1, 0.15) is 16.1 Å². The maximum Gasteiger partial charge on any atom is 0.416 e. The van der Waals surface area contributed by atoms with E-state index >= 15 is 0 Å². The minimum absolute atomic E-state index is 0.0405. The Kier molecular flexibility index (Phi) is 5.46. The largest absolute Gasteiger partial charge is 0.451 e. The maximum absolute atomic E-state index is 12.9. The number of carbonyl (C=O) groups is 1. The molecule has 10 heteroatoms. The monoisotopic (exact) mass is 443 g/mol. The van der Waals surface area contributed by atoms with Crippen molar-refractivity contribution in [3.63, 3.8) is 0 Å². The van der Waals surface area contributed by atoms with Crippen LogP contribution < -0.4 is 5.32 Å². The molecule has 0 bridgehead atoms. The number of hydrogen-bond acceptors (Lipinski definition) is 4. The summed E-state index contributed by atoms with van der Waals surface area (Å²) in [5.74, 6) is -0.855. The van der Waals surface area contributed by atoms with Gasteiger partial charge >= 0.3 is 6.18 Å². The number of benzene rings is 2. The second-order valence-electron chi connectivity index (χ2n) is 6.11. The summed E-state index contributed by atoms with van der Waals surface area (Å²) in [4.78, 5) is 12.4. The first-order valence-corrected chi connectivity index (χ1v) is 10.3. The first-order valence-electron chi connectivity index (χ1n) is 8.03. The van der Waals surface area contributed by atoms with Gasteiger partial charge in [0, 0.05) is 11.8 Å². The minimum Gasteiger partial charge on any atom is -0.451 e. The summed E-state index contributed by atoms with van der Waals surface area (Å²) in [7, 11) is -3.52. The molecular weight excluding hydrogens is 431 g/mol. The van der Waals surface area contributed by atoms with E-state index in [9.17, 15) is 26.4 Å². The first-order chi connectivity index (χ1) is 13.4. The highest BCUT2D eigenvalue weighted by molar-refractivity contribution is 7.90. The van der Waals surface area contributed by atoms with E-state index in [0.29, 0.717) is 0 Å². The Morgan fingerprint density at radius 3 is 2.45 bits per heavy atom. The number of alkyl halides is 3. The number of hydrogen-bond donors (Lipinski definition) is 1. The summed E-state index contributed by atoms with van der Waals surface area (Å²) in [5, 5.41) is 2.54. The Labute approximate surface area is 169 Å². The van der Waals surface area contributed by atoms with Gasteiger partial charge in [-0.25, -0.2) is 8.42 Å². The summed E-state index contributed by atoms with van der Waals surface area (Å²) in [6.45, 7) is 0. The lowest BCUT2D eigenvalue weighted by Gasteiger charge is -2.08. The summed E-state index contributed by atoms with van der Waals surface area (Å²) < 4.78 is 67.3. The Hall–Kier alpha value is -2.78. The van der Waals surface area contributed by atoms with Crippen LogP contribution in [0.25, 0.3) is 11.3 Å². The Morgan fingerprint density at radius 1 is 1.07 bits per heavy atom. The Morgan fingerprint density at radius 2 is 1.79 bits per heavy atom. The third kappa shape index (κ3) is 4.80. The molecule has 0 radical (unpaired) electrons. The van der Waals surface area contributed by atoms with Crippen LogP contribution in [0, 0.1) is 0 Å². The van der Waals surface area contributed by atoms with Crippen LogP contribution in [-0.2, 0) is 16.0 Å². The summed E-state index contributed by atoms with van der Waals surface area (Å²) in [5.41, 5.74) is -0.644. The van der Waals surface area contributed by atoms with Gasteiger partial charge in [-0.15, -0.1) is 0 Å². The summed E-state index contributed by atoms with van der Waals surface area (Å²) in [6, 6.07) is 11.0. The molecule has 0 aliphatic heterocycles. The SMILES string of the molecule is CS(=O)(=O)c1ccc(Cl)c(NC(=O)c2ccc(-c3cccc(C(F)(F)F)c3)o2)c1. The van der Waals surface area contributed by atoms with Crippen LogP contribution in [0.2, 0.25) is 5.02 Å². The topological polar surface area (TPSA) is 76.4 Å². The van der Waals surface area contributed by atoms with E-state index in [1.54, 1.807) is 0 Å². The van der Waals surface area contributed by atoms with Gasteiger partial charge < -0.3 is 9.73 Å². The number of furan rings is 1. The van der Waals surface area contributed by atoms with Crippen LogP contribution in [0.3, 0.4) is 0 Å². The van der Waals surface area contributed by atoms with Crippen molar-refractivity contribution in [1.29, 1.82) is 0 Å². The Bertz CT molecular complexity index is 1190. The number of sulfone groups is 1. The molecule has 5 nitrogen and oxygen atoms in total. The molecule has 0 spiro atoms. The number of halogens is 4. The average molecular weight is 444 g/mol. The molecule has 152 valence electrons. The van der Waals surface area contributed by atoms with Crippen LogP contribution in [-0.4, -0.2) is 20.6 Å². The van der Waals surface area contributed by atoms with Crippen molar-refractivity contribution in [1.82, 2.24) is 0 Å². The van der Waals surface area contributed by atoms with Gasteiger partial charge in [0.1, 0.15) is 5.76 Å². The van der Waals surface area contributed by atoms with Gasteiger partial charge in [-0.1, -0.05) is 23.7 Å². The van der Waals surface area contributed by atoms with Gasteiger partial charge in [0.2, 0.25) is 0 Å². The van der Waals surface area contributed by atoms with E-state index < -0.39 is 27.5 Å². The van der Waals surface area contributed by atoms with Gasteiger partial charge in [0.15, 0.2) is 15.6 Å². The maximum atomic E-state index is 12.9. The first kappa shape index (κ1) is 20.9. The van der Waals surface area contributed by atoms with Crippen molar-refractivity contribution < 1.29 is 30.8 Å². The standard InChI is InChI=1S/C19H13ClF3NO4S/c1-29(26,27)13-5-6-14(20)15(10-13)24-18(25)17-8-7-16(28-17)11-3-2-4-12(9-11)19(21,22)23/h2-10H,1H3,(H,24,25). The predicted molar refractivity (Wildman–Crippen MR) is 102 cm³/mol. The molecule has 0 saturated carbocycles. The Balaban J connectivity index is 1.86. The van der Waals surface area contributed by atoms with E-state index in [2.05, 4.69) is 5.32 Å². The van der Waals surface area contributed by atoms with Crippen LogP contribution >= 0.6 is 11.6 Å². The number of amides is 1. The second kappa shape index (κ2) is 7.57. The molecule has 1 amide bonds. The molecule has 29 heavy (non-hydrogen) atoms. The molecule has 0 fully saturated rings. The number of anilines is 1. The lowest BCUT2D eigenvalue weighted by molar-refractivity contribution is -0.137.